The summed E-state index contributed by atoms with van der Waals surface area (Å²) in [5, 5.41) is 8.95. The van der Waals surface area contributed by atoms with Gasteiger partial charge < -0.3 is 10.0 Å². The van der Waals surface area contributed by atoms with Gasteiger partial charge in [0.2, 0.25) is 0 Å². The summed E-state index contributed by atoms with van der Waals surface area (Å²) < 4.78 is 0. The summed E-state index contributed by atoms with van der Waals surface area (Å²) in [7, 11) is 0. The van der Waals surface area contributed by atoms with Crippen molar-refractivity contribution in [2.75, 3.05) is 18.1 Å². The van der Waals surface area contributed by atoms with Gasteiger partial charge in [0.05, 0.1) is 17.2 Å². The van der Waals surface area contributed by atoms with E-state index in [1.54, 1.807) is 6.20 Å². The summed E-state index contributed by atoms with van der Waals surface area (Å²) in [5.41, 5.74) is 1.82. The summed E-state index contributed by atoms with van der Waals surface area (Å²) >= 11 is 0. The summed E-state index contributed by atoms with van der Waals surface area (Å²) in [5.74, 6) is 0.872. The quantitative estimate of drug-likeness (QED) is 0.877. The number of aromatic nitrogens is 2. The highest BCUT2D eigenvalue weighted by Gasteiger charge is 2.12. The van der Waals surface area contributed by atoms with Crippen LogP contribution in [-0.2, 0) is 0 Å². The van der Waals surface area contributed by atoms with Gasteiger partial charge in [0, 0.05) is 19.2 Å². The lowest BCUT2D eigenvalue weighted by Crippen LogP contribution is -2.33. The van der Waals surface area contributed by atoms with Gasteiger partial charge in [0.25, 0.3) is 0 Å². The van der Waals surface area contributed by atoms with Crippen LogP contribution in [0.4, 0.5) is 5.82 Å². The van der Waals surface area contributed by atoms with Crippen molar-refractivity contribution in [3.8, 4) is 0 Å². The third-order valence-corrected chi connectivity index (χ3v) is 2.91. The molecule has 0 aliphatic rings. The van der Waals surface area contributed by atoms with Gasteiger partial charge in [-0.2, -0.15) is 0 Å². The number of nitrogens with zero attached hydrogens (tertiary/aromatic N) is 3. The molecule has 0 atom stereocenters. The van der Waals surface area contributed by atoms with Crippen LogP contribution in [0.1, 0.15) is 20.3 Å². The Labute approximate surface area is 107 Å². The lowest BCUT2D eigenvalue weighted by molar-refractivity contribution is 0.288. The van der Waals surface area contributed by atoms with Crippen molar-refractivity contribution in [2.24, 2.45) is 0 Å². The Bertz CT molecular complexity index is 513. The molecule has 0 saturated carbocycles. The minimum Gasteiger partial charge on any atom is -0.396 e. The molecule has 1 aromatic carbocycles. The molecule has 1 N–H and O–H groups in total. The molecule has 0 fully saturated rings. The summed E-state index contributed by atoms with van der Waals surface area (Å²) in [6, 6.07) is 8.19. The fourth-order valence-electron chi connectivity index (χ4n) is 1.96. The monoisotopic (exact) mass is 245 g/mol. The molecule has 0 radical (unpaired) electrons. The van der Waals surface area contributed by atoms with Gasteiger partial charge in [-0.3, -0.25) is 4.98 Å². The van der Waals surface area contributed by atoms with E-state index in [4.69, 9.17) is 5.11 Å². The fraction of sp³-hybridized carbons (Fsp3) is 0.429. The van der Waals surface area contributed by atoms with Crippen molar-refractivity contribution in [1.29, 1.82) is 0 Å². The molecule has 0 spiro atoms. The number of aliphatic hydroxyl groups is 1. The molecule has 1 aromatic heterocycles. The topological polar surface area (TPSA) is 49.2 Å². The average Bonchev–Trinajstić information content (AvgIpc) is 2.38. The predicted molar refractivity (Wildman–Crippen MR) is 73.7 cm³/mol. The maximum absolute atomic E-state index is 8.95. The van der Waals surface area contributed by atoms with E-state index in [9.17, 15) is 0 Å². The summed E-state index contributed by atoms with van der Waals surface area (Å²) in [6.45, 7) is 5.23. The van der Waals surface area contributed by atoms with Crippen molar-refractivity contribution in [2.45, 2.75) is 26.3 Å². The number of benzene rings is 1. The smallest absolute Gasteiger partial charge is 0.148 e. The molecule has 2 aromatic rings. The standard InChI is InChI=1S/C14H19N3O/c1-11(2)17(8-5-9-18)14-10-15-12-6-3-4-7-13(12)16-14/h3-4,6-7,10-11,18H,5,8-9H2,1-2H3. The maximum atomic E-state index is 8.95. The van der Waals surface area contributed by atoms with Gasteiger partial charge in [-0.1, -0.05) is 12.1 Å². The second-order valence-electron chi connectivity index (χ2n) is 4.58. The Morgan fingerprint density at radius 3 is 2.61 bits per heavy atom. The zero-order chi connectivity index (χ0) is 13.0. The highest BCUT2D eigenvalue weighted by atomic mass is 16.3. The normalized spacial score (nSPS) is 11.1. The van der Waals surface area contributed by atoms with E-state index in [-0.39, 0.29) is 6.61 Å². The van der Waals surface area contributed by atoms with Gasteiger partial charge in [0.15, 0.2) is 0 Å². The van der Waals surface area contributed by atoms with E-state index in [1.165, 1.54) is 0 Å². The van der Waals surface area contributed by atoms with E-state index in [1.807, 2.05) is 24.3 Å². The van der Waals surface area contributed by atoms with Gasteiger partial charge in [-0.25, -0.2) is 4.98 Å². The molecule has 96 valence electrons. The van der Waals surface area contributed by atoms with Gasteiger partial charge in [0.1, 0.15) is 5.82 Å². The average molecular weight is 245 g/mol. The maximum Gasteiger partial charge on any atom is 0.148 e. The van der Waals surface area contributed by atoms with Crippen LogP contribution in [0.25, 0.3) is 11.0 Å². The fourth-order valence-corrected chi connectivity index (χ4v) is 1.96. The number of fused-ring (bicyclic) bond motifs is 1. The van der Waals surface area contributed by atoms with Crippen LogP contribution in [0.15, 0.2) is 30.5 Å². The highest BCUT2D eigenvalue weighted by molar-refractivity contribution is 5.75. The third kappa shape index (κ3) is 2.76. The van der Waals surface area contributed by atoms with E-state index in [0.29, 0.717) is 6.04 Å². The summed E-state index contributed by atoms with van der Waals surface area (Å²) in [6.07, 6.45) is 2.55. The van der Waals surface area contributed by atoms with E-state index < -0.39 is 0 Å². The predicted octanol–water partition coefficient (Wildman–Crippen LogP) is 2.23. The largest absolute Gasteiger partial charge is 0.396 e. The molecule has 0 aliphatic heterocycles. The Morgan fingerprint density at radius 1 is 1.22 bits per heavy atom. The molecular formula is C14H19N3O. The number of hydrogen-bond donors (Lipinski definition) is 1. The zero-order valence-electron chi connectivity index (χ0n) is 10.9. The first-order valence-corrected chi connectivity index (χ1v) is 6.31. The highest BCUT2D eigenvalue weighted by Crippen LogP contribution is 2.17. The Kier molecular flexibility index (Phi) is 4.10. The van der Waals surface area contributed by atoms with Gasteiger partial charge in [-0.05, 0) is 32.4 Å². The first-order chi connectivity index (χ1) is 8.72. The van der Waals surface area contributed by atoms with Crippen LogP contribution in [0.5, 0.6) is 0 Å². The lowest BCUT2D eigenvalue weighted by Gasteiger charge is -2.27. The molecule has 2 rings (SSSR count). The van der Waals surface area contributed by atoms with Crippen molar-refractivity contribution >= 4 is 16.9 Å². The summed E-state index contributed by atoms with van der Waals surface area (Å²) in [4.78, 5) is 11.2. The third-order valence-electron chi connectivity index (χ3n) is 2.91. The van der Waals surface area contributed by atoms with Crippen molar-refractivity contribution in [3.05, 3.63) is 30.5 Å². The second kappa shape index (κ2) is 5.78. The van der Waals surface area contributed by atoms with Crippen LogP contribution in [0, 0.1) is 0 Å². The molecule has 0 unspecified atom stereocenters. The molecule has 0 aliphatic carbocycles. The molecule has 0 bridgehead atoms. The number of hydrogen-bond acceptors (Lipinski definition) is 4. The van der Waals surface area contributed by atoms with Crippen molar-refractivity contribution in [1.82, 2.24) is 9.97 Å². The molecular weight excluding hydrogens is 226 g/mol. The van der Waals surface area contributed by atoms with Crippen molar-refractivity contribution in [3.63, 3.8) is 0 Å². The number of para-hydroxylation sites is 2. The molecule has 1 heterocycles. The molecule has 4 nitrogen and oxygen atoms in total. The van der Waals surface area contributed by atoms with E-state index in [0.717, 1.165) is 29.8 Å². The number of aliphatic hydroxyl groups excluding tert-OH is 1. The Balaban J connectivity index is 2.32. The molecule has 4 heteroatoms. The van der Waals surface area contributed by atoms with Crippen LogP contribution in [-0.4, -0.2) is 34.3 Å². The first kappa shape index (κ1) is 12.8. The van der Waals surface area contributed by atoms with Crippen LogP contribution in [0.2, 0.25) is 0 Å². The second-order valence-corrected chi connectivity index (χ2v) is 4.58. The van der Waals surface area contributed by atoms with Crippen molar-refractivity contribution < 1.29 is 5.11 Å². The minimum atomic E-state index is 0.199. The number of rotatable bonds is 5. The zero-order valence-corrected chi connectivity index (χ0v) is 10.9. The lowest BCUT2D eigenvalue weighted by atomic mass is 10.2. The van der Waals surface area contributed by atoms with E-state index >= 15 is 0 Å². The molecule has 0 amide bonds. The Hall–Kier alpha value is -1.68. The Morgan fingerprint density at radius 2 is 1.94 bits per heavy atom. The van der Waals surface area contributed by atoms with Crippen LogP contribution < -0.4 is 4.90 Å². The minimum absolute atomic E-state index is 0.199. The van der Waals surface area contributed by atoms with Crippen LogP contribution >= 0.6 is 0 Å². The molecule has 18 heavy (non-hydrogen) atoms. The SMILES string of the molecule is CC(C)N(CCCO)c1cnc2ccccc2n1. The van der Waals surface area contributed by atoms with Gasteiger partial charge >= 0.3 is 0 Å². The first-order valence-electron chi connectivity index (χ1n) is 6.31. The van der Waals surface area contributed by atoms with Gasteiger partial charge in [-0.15, -0.1) is 0 Å². The molecule has 0 saturated heterocycles. The number of anilines is 1. The van der Waals surface area contributed by atoms with Crippen LogP contribution in [0.3, 0.4) is 0 Å². The van der Waals surface area contributed by atoms with E-state index in [2.05, 4.69) is 28.7 Å².